The highest BCUT2D eigenvalue weighted by atomic mass is 16.5. The molecule has 0 bridgehead atoms. The van der Waals surface area contributed by atoms with Gasteiger partial charge in [-0.15, -0.1) is 0 Å². The third-order valence-electron chi connectivity index (χ3n) is 5.01. The molecule has 0 saturated heterocycles. The van der Waals surface area contributed by atoms with Crippen LogP contribution in [0, 0.1) is 11.8 Å². The van der Waals surface area contributed by atoms with Gasteiger partial charge in [-0.2, -0.15) is 0 Å². The second kappa shape index (κ2) is 7.69. The van der Waals surface area contributed by atoms with Crippen LogP contribution in [0.2, 0.25) is 0 Å². The van der Waals surface area contributed by atoms with Crippen molar-refractivity contribution in [2.75, 3.05) is 21.3 Å². The fraction of sp³-hybridized carbons (Fsp3) is 0.667. The fourth-order valence-corrected chi connectivity index (χ4v) is 3.94. The summed E-state index contributed by atoms with van der Waals surface area (Å²) < 4.78 is 11.2. The van der Waals surface area contributed by atoms with Gasteiger partial charge in [-0.1, -0.05) is 38.7 Å². The molecule has 1 fully saturated rings. The predicted octanol–water partition coefficient (Wildman–Crippen LogP) is 4.18. The highest BCUT2D eigenvalue weighted by Crippen LogP contribution is 2.45. The molecule has 3 heteroatoms. The SMILES string of the molecule is CCC1CCCCC1C(NC)c1c(OC)cccc1OC. The van der Waals surface area contributed by atoms with Gasteiger partial charge in [-0.25, -0.2) is 0 Å². The zero-order chi connectivity index (χ0) is 15.2. The molecule has 21 heavy (non-hydrogen) atoms. The third-order valence-corrected chi connectivity index (χ3v) is 5.01. The molecule has 0 spiro atoms. The van der Waals surface area contributed by atoms with Crippen molar-refractivity contribution in [2.45, 2.75) is 45.1 Å². The summed E-state index contributed by atoms with van der Waals surface area (Å²) in [6.07, 6.45) is 6.58. The Bertz CT molecular complexity index is 425. The topological polar surface area (TPSA) is 30.5 Å². The normalized spacial score (nSPS) is 23.6. The van der Waals surface area contributed by atoms with Crippen LogP contribution in [0.1, 0.15) is 50.6 Å². The van der Waals surface area contributed by atoms with Crippen molar-refractivity contribution < 1.29 is 9.47 Å². The molecule has 0 radical (unpaired) electrons. The molecule has 3 nitrogen and oxygen atoms in total. The van der Waals surface area contributed by atoms with Gasteiger partial charge in [-0.3, -0.25) is 0 Å². The van der Waals surface area contributed by atoms with Gasteiger partial charge in [0.05, 0.1) is 19.8 Å². The molecule has 2 rings (SSSR count). The minimum Gasteiger partial charge on any atom is -0.496 e. The lowest BCUT2D eigenvalue weighted by Gasteiger charge is -2.38. The molecule has 0 heterocycles. The molecular weight excluding hydrogens is 262 g/mol. The lowest BCUT2D eigenvalue weighted by atomic mass is 9.72. The smallest absolute Gasteiger partial charge is 0.127 e. The number of hydrogen-bond donors (Lipinski definition) is 1. The maximum Gasteiger partial charge on any atom is 0.127 e. The molecular formula is C18H29NO2. The Morgan fingerprint density at radius 2 is 1.76 bits per heavy atom. The second-order valence-electron chi connectivity index (χ2n) is 5.96. The molecule has 1 aliphatic carbocycles. The third kappa shape index (κ3) is 3.34. The maximum absolute atomic E-state index is 5.61. The average molecular weight is 291 g/mol. The quantitative estimate of drug-likeness (QED) is 0.853. The zero-order valence-electron chi connectivity index (χ0n) is 13.8. The Balaban J connectivity index is 2.40. The van der Waals surface area contributed by atoms with Gasteiger partial charge in [0.1, 0.15) is 11.5 Å². The van der Waals surface area contributed by atoms with Crippen LogP contribution in [-0.2, 0) is 0 Å². The van der Waals surface area contributed by atoms with Crippen LogP contribution in [0.3, 0.4) is 0 Å². The molecule has 0 aliphatic heterocycles. The highest BCUT2D eigenvalue weighted by Gasteiger charge is 2.34. The largest absolute Gasteiger partial charge is 0.496 e. The van der Waals surface area contributed by atoms with Crippen molar-refractivity contribution in [1.82, 2.24) is 5.32 Å². The van der Waals surface area contributed by atoms with E-state index in [-0.39, 0.29) is 0 Å². The van der Waals surface area contributed by atoms with Crippen molar-refractivity contribution >= 4 is 0 Å². The van der Waals surface area contributed by atoms with E-state index in [0.717, 1.165) is 17.4 Å². The molecule has 1 N–H and O–H groups in total. The van der Waals surface area contributed by atoms with E-state index < -0.39 is 0 Å². The standard InChI is InChI=1S/C18H29NO2/c1-5-13-9-6-7-10-14(13)18(19-2)17-15(20-3)11-8-12-16(17)21-4/h8,11-14,18-19H,5-7,9-10H2,1-4H3. The van der Waals surface area contributed by atoms with Crippen LogP contribution in [-0.4, -0.2) is 21.3 Å². The van der Waals surface area contributed by atoms with E-state index in [2.05, 4.69) is 19.3 Å². The van der Waals surface area contributed by atoms with Crippen LogP contribution >= 0.6 is 0 Å². The summed E-state index contributed by atoms with van der Waals surface area (Å²) in [6.45, 7) is 2.31. The number of ether oxygens (including phenoxy) is 2. The predicted molar refractivity (Wildman–Crippen MR) is 87.1 cm³/mol. The first-order valence-electron chi connectivity index (χ1n) is 8.14. The van der Waals surface area contributed by atoms with E-state index in [1.165, 1.54) is 37.7 Å². The van der Waals surface area contributed by atoms with Crippen molar-refractivity contribution in [3.05, 3.63) is 23.8 Å². The average Bonchev–Trinajstić information content (AvgIpc) is 2.56. The van der Waals surface area contributed by atoms with Crippen molar-refractivity contribution in [3.8, 4) is 11.5 Å². The number of rotatable bonds is 6. The Labute approximate surface area is 129 Å². The van der Waals surface area contributed by atoms with Gasteiger partial charge in [0, 0.05) is 6.04 Å². The van der Waals surface area contributed by atoms with Crippen LogP contribution in [0.15, 0.2) is 18.2 Å². The molecule has 1 saturated carbocycles. The summed E-state index contributed by atoms with van der Waals surface area (Å²) in [5.74, 6) is 3.29. The molecule has 0 aromatic heterocycles. The second-order valence-corrected chi connectivity index (χ2v) is 5.96. The van der Waals surface area contributed by atoms with Gasteiger partial charge in [0.25, 0.3) is 0 Å². The number of methoxy groups -OCH3 is 2. The monoisotopic (exact) mass is 291 g/mol. The first kappa shape index (κ1) is 16.2. The molecule has 1 aromatic carbocycles. The van der Waals surface area contributed by atoms with Crippen LogP contribution in [0.25, 0.3) is 0 Å². The summed E-state index contributed by atoms with van der Waals surface area (Å²) in [6, 6.07) is 6.35. The molecule has 3 unspecified atom stereocenters. The van der Waals surface area contributed by atoms with Gasteiger partial charge in [-0.05, 0) is 37.4 Å². The summed E-state index contributed by atoms with van der Waals surface area (Å²) in [5.41, 5.74) is 1.18. The van der Waals surface area contributed by atoms with E-state index in [0.29, 0.717) is 12.0 Å². The van der Waals surface area contributed by atoms with Crippen LogP contribution < -0.4 is 14.8 Å². The number of nitrogens with one attached hydrogen (secondary N) is 1. The first-order chi connectivity index (χ1) is 10.3. The number of benzene rings is 1. The summed E-state index contributed by atoms with van der Waals surface area (Å²) in [7, 11) is 5.53. The van der Waals surface area contributed by atoms with Crippen molar-refractivity contribution in [3.63, 3.8) is 0 Å². The lowest BCUT2D eigenvalue weighted by Crippen LogP contribution is -2.33. The molecule has 3 atom stereocenters. The van der Waals surface area contributed by atoms with E-state index in [1.807, 2.05) is 18.2 Å². The lowest BCUT2D eigenvalue weighted by molar-refractivity contribution is 0.176. The van der Waals surface area contributed by atoms with E-state index >= 15 is 0 Å². The van der Waals surface area contributed by atoms with Gasteiger partial charge >= 0.3 is 0 Å². The van der Waals surface area contributed by atoms with Gasteiger partial charge < -0.3 is 14.8 Å². The molecule has 1 aromatic rings. The van der Waals surface area contributed by atoms with E-state index in [9.17, 15) is 0 Å². The molecule has 1 aliphatic rings. The summed E-state index contributed by atoms with van der Waals surface area (Å²) in [5, 5.41) is 3.54. The minimum absolute atomic E-state index is 0.293. The van der Waals surface area contributed by atoms with Gasteiger partial charge in [0.15, 0.2) is 0 Å². The Kier molecular flexibility index (Phi) is 5.92. The minimum atomic E-state index is 0.293. The summed E-state index contributed by atoms with van der Waals surface area (Å²) >= 11 is 0. The van der Waals surface area contributed by atoms with Crippen LogP contribution in [0.5, 0.6) is 11.5 Å². The zero-order valence-corrected chi connectivity index (χ0v) is 13.8. The van der Waals surface area contributed by atoms with Crippen molar-refractivity contribution in [2.24, 2.45) is 11.8 Å². The Morgan fingerprint density at radius 1 is 1.14 bits per heavy atom. The Hall–Kier alpha value is -1.22. The van der Waals surface area contributed by atoms with E-state index in [1.54, 1.807) is 14.2 Å². The first-order valence-corrected chi connectivity index (χ1v) is 8.14. The van der Waals surface area contributed by atoms with E-state index in [4.69, 9.17) is 9.47 Å². The van der Waals surface area contributed by atoms with Gasteiger partial charge in [0.2, 0.25) is 0 Å². The summed E-state index contributed by atoms with van der Waals surface area (Å²) in [4.78, 5) is 0. The molecule has 0 amide bonds. The molecule has 118 valence electrons. The maximum atomic E-state index is 5.61. The fourth-order valence-electron chi connectivity index (χ4n) is 3.94. The van der Waals surface area contributed by atoms with Crippen LogP contribution in [0.4, 0.5) is 0 Å². The number of hydrogen-bond acceptors (Lipinski definition) is 3. The Morgan fingerprint density at radius 3 is 2.29 bits per heavy atom. The highest BCUT2D eigenvalue weighted by molar-refractivity contribution is 5.47. The van der Waals surface area contributed by atoms with Crippen molar-refractivity contribution in [1.29, 1.82) is 0 Å².